The van der Waals surface area contributed by atoms with E-state index in [-0.39, 0.29) is 5.41 Å². The van der Waals surface area contributed by atoms with Crippen LogP contribution in [-0.4, -0.2) is 12.6 Å². The average molecular weight is 264 g/mol. The molecule has 0 saturated carbocycles. The van der Waals surface area contributed by atoms with Gasteiger partial charge in [-0.25, -0.2) is 0 Å². The monoisotopic (exact) mass is 264 g/mol. The van der Waals surface area contributed by atoms with Crippen molar-refractivity contribution in [1.29, 1.82) is 5.26 Å². The van der Waals surface area contributed by atoms with Gasteiger partial charge in [0.1, 0.15) is 0 Å². The Labute approximate surface area is 115 Å². The number of hydrogen-bond acceptors (Lipinski definition) is 3. The van der Waals surface area contributed by atoms with E-state index in [0.717, 1.165) is 32.2 Å². The van der Waals surface area contributed by atoms with Crippen LogP contribution in [0.1, 0.15) is 44.9 Å². The van der Waals surface area contributed by atoms with Crippen LogP contribution < -0.4 is 5.32 Å². The van der Waals surface area contributed by atoms with Crippen LogP contribution in [0.25, 0.3) is 0 Å². The van der Waals surface area contributed by atoms with E-state index in [1.54, 1.807) is 0 Å². The van der Waals surface area contributed by atoms with Crippen molar-refractivity contribution in [2.24, 2.45) is 5.41 Å². The Hall–Kier alpha value is -0.850. The fourth-order valence-electron chi connectivity index (χ4n) is 1.90. The molecule has 0 aliphatic carbocycles. The number of thiophene rings is 1. The quantitative estimate of drug-likeness (QED) is 0.721. The fourth-order valence-corrected chi connectivity index (χ4v) is 2.73. The molecule has 3 heteroatoms. The van der Waals surface area contributed by atoms with Gasteiger partial charge in [-0.05, 0) is 58.0 Å². The Morgan fingerprint density at radius 1 is 1.44 bits per heavy atom. The Bertz CT molecular complexity index is 362. The predicted octanol–water partition coefficient (Wildman–Crippen LogP) is 3.99. The van der Waals surface area contributed by atoms with Gasteiger partial charge in [-0.15, -0.1) is 11.3 Å². The molecule has 18 heavy (non-hydrogen) atoms. The summed E-state index contributed by atoms with van der Waals surface area (Å²) < 4.78 is 0. The number of nitriles is 1. The normalized spacial score (nSPS) is 13.2. The molecule has 1 rings (SSSR count). The molecule has 1 N–H and O–H groups in total. The lowest BCUT2D eigenvalue weighted by Gasteiger charge is -2.16. The van der Waals surface area contributed by atoms with Crippen molar-refractivity contribution >= 4 is 11.3 Å². The molecule has 1 unspecified atom stereocenters. The van der Waals surface area contributed by atoms with Crippen molar-refractivity contribution in [3.63, 3.8) is 0 Å². The van der Waals surface area contributed by atoms with Crippen LogP contribution in [0.5, 0.6) is 0 Å². The predicted molar refractivity (Wildman–Crippen MR) is 78.7 cm³/mol. The third-order valence-corrected chi connectivity index (χ3v) is 4.01. The molecule has 0 amide bonds. The highest BCUT2D eigenvalue weighted by molar-refractivity contribution is 7.09. The van der Waals surface area contributed by atoms with Gasteiger partial charge in [0.15, 0.2) is 0 Å². The van der Waals surface area contributed by atoms with Crippen molar-refractivity contribution in [2.75, 3.05) is 6.54 Å². The molecular formula is C15H24N2S. The third-order valence-electron chi connectivity index (χ3n) is 3.11. The number of hydrogen-bond donors (Lipinski definition) is 1. The van der Waals surface area contributed by atoms with E-state index in [9.17, 15) is 0 Å². The fraction of sp³-hybridized carbons (Fsp3) is 0.667. The molecule has 0 fully saturated rings. The summed E-state index contributed by atoms with van der Waals surface area (Å²) in [6.45, 7) is 7.31. The molecule has 0 aliphatic rings. The molecule has 0 spiro atoms. The molecule has 0 saturated heterocycles. The Kier molecular flexibility index (Phi) is 6.38. The number of unbranched alkanes of at least 4 members (excludes halogenated alkanes) is 1. The zero-order valence-corrected chi connectivity index (χ0v) is 12.5. The maximum atomic E-state index is 8.92. The number of nitrogens with one attached hydrogen (secondary N) is 1. The van der Waals surface area contributed by atoms with Crippen LogP contribution in [0.4, 0.5) is 0 Å². The molecule has 0 aliphatic heterocycles. The van der Waals surface area contributed by atoms with Crippen LogP contribution in [0.2, 0.25) is 0 Å². The molecule has 1 heterocycles. The zero-order chi connectivity index (χ0) is 13.4. The number of rotatable bonds is 8. The first-order chi connectivity index (χ1) is 8.53. The summed E-state index contributed by atoms with van der Waals surface area (Å²) in [7, 11) is 0. The minimum atomic E-state index is -0.164. The summed E-state index contributed by atoms with van der Waals surface area (Å²) in [5.41, 5.74) is -0.164. The van der Waals surface area contributed by atoms with Gasteiger partial charge < -0.3 is 5.32 Å². The Morgan fingerprint density at radius 3 is 2.83 bits per heavy atom. The van der Waals surface area contributed by atoms with Crippen LogP contribution in [0.15, 0.2) is 17.5 Å². The van der Waals surface area contributed by atoms with E-state index in [1.165, 1.54) is 4.88 Å². The summed E-state index contributed by atoms with van der Waals surface area (Å²) in [5.74, 6) is 0. The van der Waals surface area contributed by atoms with E-state index in [2.05, 4.69) is 35.8 Å². The van der Waals surface area contributed by atoms with Crippen LogP contribution in [0.3, 0.4) is 0 Å². The molecule has 1 aromatic heterocycles. The first-order valence-electron chi connectivity index (χ1n) is 6.70. The van der Waals surface area contributed by atoms with Gasteiger partial charge in [0.05, 0.1) is 11.5 Å². The maximum Gasteiger partial charge on any atom is 0.0683 e. The topological polar surface area (TPSA) is 35.8 Å². The van der Waals surface area contributed by atoms with Crippen LogP contribution in [-0.2, 0) is 6.42 Å². The third kappa shape index (κ3) is 6.18. The second-order valence-electron chi connectivity index (χ2n) is 5.59. The van der Waals surface area contributed by atoms with E-state index in [0.29, 0.717) is 6.04 Å². The summed E-state index contributed by atoms with van der Waals surface area (Å²) in [4.78, 5) is 1.45. The molecule has 0 aromatic carbocycles. The molecule has 1 aromatic rings. The van der Waals surface area contributed by atoms with E-state index in [1.807, 2.05) is 25.2 Å². The maximum absolute atomic E-state index is 8.92. The standard InChI is InChI=1S/C15H24N2S/c1-13(11-14-7-6-10-18-14)17-9-5-4-8-15(2,3)12-16/h6-7,10,13,17H,4-5,8-9,11H2,1-3H3. The lowest BCUT2D eigenvalue weighted by Crippen LogP contribution is -2.28. The highest BCUT2D eigenvalue weighted by Gasteiger charge is 2.15. The molecule has 2 nitrogen and oxygen atoms in total. The zero-order valence-electron chi connectivity index (χ0n) is 11.7. The van der Waals surface area contributed by atoms with Crippen molar-refractivity contribution in [1.82, 2.24) is 5.32 Å². The van der Waals surface area contributed by atoms with Gasteiger partial charge in [0, 0.05) is 10.9 Å². The first-order valence-corrected chi connectivity index (χ1v) is 7.58. The van der Waals surface area contributed by atoms with Gasteiger partial charge in [-0.3, -0.25) is 0 Å². The van der Waals surface area contributed by atoms with Gasteiger partial charge in [0.25, 0.3) is 0 Å². The average Bonchev–Trinajstić information content (AvgIpc) is 2.81. The minimum Gasteiger partial charge on any atom is -0.314 e. The molecular weight excluding hydrogens is 240 g/mol. The lowest BCUT2D eigenvalue weighted by atomic mass is 9.89. The summed E-state index contributed by atoms with van der Waals surface area (Å²) >= 11 is 1.83. The summed E-state index contributed by atoms with van der Waals surface area (Å²) in [5, 5.41) is 14.6. The van der Waals surface area contributed by atoms with Crippen molar-refractivity contribution in [2.45, 2.75) is 52.5 Å². The van der Waals surface area contributed by atoms with Crippen molar-refractivity contribution in [3.05, 3.63) is 22.4 Å². The lowest BCUT2D eigenvalue weighted by molar-refractivity contribution is 0.416. The van der Waals surface area contributed by atoms with E-state index in [4.69, 9.17) is 5.26 Å². The number of nitrogens with zero attached hydrogens (tertiary/aromatic N) is 1. The summed E-state index contributed by atoms with van der Waals surface area (Å²) in [6.07, 6.45) is 4.38. The smallest absolute Gasteiger partial charge is 0.0683 e. The molecule has 0 bridgehead atoms. The second kappa shape index (κ2) is 7.56. The van der Waals surface area contributed by atoms with Crippen molar-refractivity contribution < 1.29 is 0 Å². The van der Waals surface area contributed by atoms with E-state index >= 15 is 0 Å². The highest BCUT2D eigenvalue weighted by atomic mass is 32.1. The van der Waals surface area contributed by atoms with E-state index < -0.39 is 0 Å². The van der Waals surface area contributed by atoms with Crippen molar-refractivity contribution in [3.8, 4) is 6.07 Å². The van der Waals surface area contributed by atoms with Gasteiger partial charge >= 0.3 is 0 Å². The SMILES string of the molecule is CC(Cc1cccs1)NCCCCC(C)(C)C#N. The minimum absolute atomic E-state index is 0.164. The highest BCUT2D eigenvalue weighted by Crippen LogP contribution is 2.21. The van der Waals surface area contributed by atoms with Gasteiger partial charge in [0.2, 0.25) is 0 Å². The largest absolute Gasteiger partial charge is 0.314 e. The molecule has 0 radical (unpaired) electrons. The second-order valence-corrected chi connectivity index (χ2v) is 6.62. The van der Waals surface area contributed by atoms with Gasteiger partial charge in [-0.2, -0.15) is 5.26 Å². The molecule has 1 atom stereocenters. The summed E-state index contributed by atoms with van der Waals surface area (Å²) in [6, 6.07) is 7.19. The Morgan fingerprint density at radius 2 is 2.22 bits per heavy atom. The van der Waals surface area contributed by atoms with Gasteiger partial charge in [-0.1, -0.05) is 12.5 Å². The van der Waals surface area contributed by atoms with Crippen LogP contribution in [0, 0.1) is 16.7 Å². The van der Waals surface area contributed by atoms with Crippen LogP contribution >= 0.6 is 11.3 Å². The first kappa shape index (κ1) is 15.2. The molecule has 100 valence electrons. The Balaban J connectivity index is 2.06.